The maximum atomic E-state index is 13.0. The lowest BCUT2D eigenvalue weighted by Gasteiger charge is -2.25. The van der Waals surface area contributed by atoms with Gasteiger partial charge in [-0.3, -0.25) is 9.80 Å². The maximum Gasteiger partial charge on any atom is 0.415 e. The van der Waals surface area contributed by atoms with Crippen molar-refractivity contribution in [2.75, 3.05) is 25.1 Å². The van der Waals surface area contributed by atoms with Crippen molar-refractivity contribution in [2.24, 2.45) is 0 Å². The second-order valence-electron chi connectivity index (χ2n) is 7.88. The highest BCUT2D eigenvalue weighted by Gasteiger charge is 2.44. The Morgan fingerprint density at radius 1 is 1.15 bits per heavy atom. The first-order valence-electron chi connectivity index (χ1n) is 11.0. The first-order chi connectivity index (χ1) is 16.0. The van der Waals surface area contributed by atoms with Gasteiger partial charge in [-0.25, -0.2) is 9.48 Å². The first-order valence-corrected chi connectivity index (χ1v) is 11.4. The highest BCUT2D eigenvalue weighted by Crippen LogP contribution is 2.39. The van der Waals surface area contributed by atoms with E-state index in [1.54, 1.807) is 28.8 Å². The third kappa shape index (κ3) is 5.12. The normalized spacial score (nSPS) is 18.1. The predicted octanol–water partition coefficient (Wildman–Crippen LogP) is 4.55. The lowest BCUT2D eigenvalue weighted by atomic mass is 9.99. The number of amides is 1. The Kier molecular flexibility index (Phi) is 7.15. The van der Waals surface area contributed by atoms with E-state index in [4.69, 9.17) is 21.1 Å². The molecule has 1 saturated heterocycles. The molecule has 2 atom stereocenters. The number of aromatic nitrogens is 3. The summed E-state index contributed by atoms with van der Waals surface area (Å²) in [5.41, 5.74) is 2.50. The number of benzene rings is 2. The Hall–Kier alpha value is -3.10. The van der Waals surface area contributed by atoms with E-state index >= 15 is 0 Å². The number of carbonyl (C=O) groups is 1. The van der Waals surface area contributed by atoms with E-state index in [1.165, 1.54) is 0 Å². The van der Waals surface area contributed by atoms with Crippen LogP contribution in [0.15, 0.2) is 54.7 Å². The number of hydrogen-bond donors (Lipinski definition) is 0. The van der Waals surface area contributed by atoms with Crippen molar-refractivity contribution >= 4 is 23.4 Å². The number of hydrogen-bond acceptors (Lipinski definition) is 6. The summed E-state index contributed by atoms with van der Waals surface area (Å²) in [5, 5.41) is 9.19. The van der Waals surface area contributed by atoms with Crippen molar-refractivity contribution < 1.29 is 14.3 Å². The summed E-state index contributed by atoms with van der Waals surface area (Å²) in [5.74, 6) is 0.712. The Morgan fingerprint density at radius 3 is 2.61 bits per heavy atom. The van der Waals surface area contributed by atoms with Gasteiger partial charge in [-0.15, -0.1) is 5.10 Å². The van der Waals surface area contributed by atoms with E-state index in [0.29, 0.717) is 23.0 Å². The minimum absolute atomic E-state index is 0.371. The molecule has 1 aliphatic heterocycles. The molecule has 0 N–H and O–H groups in total. The molecule has 2 heterocycles. The molecule has 1 aliphatic rings. The molecule has 0 saturated carbocycles. The van der Waals surface area contributed by atoms with Crippen molar-refractivity contribution in [3.8, 4) is 5.75 Å². The Bertz CT molecular complexity index is 1080. The SMILES string of the molecule is CCN(CC)Cc1cn(C[C@@H]2OC(=O)N(c3ccc(Cl)cc3)[C@H]2c2cccc(OC)c2)nn1. The van der Waals surface area contributed by atoms with Crippen LogP contribution in [0.4, 0.5) is 10.5 Å². The van der Waals surface area contributed by atoms with Crippen LogP contribution in [0.25, 0.3) is 0 Å². The maximum absolute atomic E-state index is 13.0. The van der Waals surface area contributed by atoms with Gasteiger partial charge in [0.15, 0.2) is 0 Å². The quantitative estimate of drug-likeness (QED) is 0.458. The van der Waals surface area contributed by atoms with E-state index in [2.05, 4.69) is 29.1 Å². The average Bonchev–Trinajstić information content (AvgIpc) is 3.41. The molecule has 4 rings (SSSR count). The predicted molar refractivity (Wildman–Crippen MR) is 127 cm³/mol. The summed E-state index contributed by atoms with van der Waals surface area (Å²) in [6, 6.07) is 14.5. The van der Waals surface area contributed by atoms with Gasteiger partial charge in [0.05, 0.1) is 19.3 Å². The third-order valence-corrected chi connectivity index (χ3v) is 6.10. The Morgan fingerprint density at radius 2 is 1.91 bits per heavy atom. The number of carbonyl (C=O) groups excluding carboxylic acids is 1. The summed E-state index contributed by atoms with van der Waals surface area (Å²) in [4.78, 5) is 16.9. The monoisotopic (exact) mass is 469 g/mol. The third-order valence-electron chi connectivity index (χ3n) is 5.85. The molecular formula is C24H28ClN5O3. The number of ether oxygens (including phenoxy) is 2. The molecule has 0 unspecified atom stereocenters. The zero-order valence-corrected chi connectivity index (χ0v) is 19.8. The van der Waals surface area contributed by atoms with E-state index in [1.807, 2.05) is 42.6 Å². The largest absolute Gasteiger partial charge is 0.497 e. The fraction of sp³-hybridized carbons (Fsp3) is 0.375. The summed E-state index contributed by atoms with van der Waals surface area (Å²) in [6.45, 7) is 7.23. The van der Waals surface area contributed by atoms with Gasteiger partial charge in [-0.2, -0.15) is 0 Å². The number of cyclic esters (lactones) is 1. The minimum atomic E-state index is -0.469. The molecule has 0 radical (unpaired) electrons. The smallest absolute Gasteiger partial charge is 0.415 e. The number of rotatable bonds is 9. The van der Waals surface area contributed by atoms with Crippen LogP contribution in [0.1, 0.15) is 31.1 Å². The van der Waals surface area contributed by atoms with Crippen molar-refractivity contribution in [3.63, 3.8) is 0 Å². The highest BCUT2D eigenvalue weighted by molar-refractivity contribution is 6.30. The van der Waals surface area contributed by atoms with Crippen LogP contribution >= 0.6 is 11.6 Å². The molecular weight excluding hydrogens is 442 g/mol. The lowest BCUT2D eigenvalue weighted by Crippen LogP contribution is -2.31. The molecule has 2 aromatic carbocycles. The number of anilines is 1. The molecule has 9 heteroatoms. The molecule has 0 aliphatic carbocycles. The molecule has 1 amide bonds. The molecule has 174 valence electrons. The van der Waals surface area contributed by atoms with Crippen LogP contribution in [0.5, 0.6) is 5.75 Å². The number of methoxy groups -OCH3 is 1. The second-order valence-corrected chi connectivity index (χ2v) is 8.32. The average molecular weight is 470 g/mol. The topological polar surface area (TPSA) is 72.7 Å². The fourth-order valence-electron chi connectivity index (χ4n) is 4.09. The first kappa shape index (κ1) is 23.1. The van der Waals surface area contributed by atoms with Crippen molar-refractivity contribution in [3.05, 3.63) is 71.0 Å². The summed E-state index contributed by atoms with van der Waals surface area (Å²) in [6.07, 6.45) is 1.03. The highest BCUT2D eigenvalue weighted by atomic mass is 35.5. The van der Waals surface area contributed by atoms with E-state index in [0.717, 1.165) is 30.9 Å². The van der Waals surface area contributed by atoms with Crippen LogP contribution in [0.2, 0.25) is 5.02 Å². The van der Waals surface area contributed by atoms with Gasteiger partial charge >= 0.3 is 6.09 Å². The Balaban J connectivity index is 1.64. The van der Waals surface area contributed by atoms with Gasteiger partial charge in [-0.05, 0) is 55.1 Å². The lowest BCUT2D eigenvalue weighted by molar-refractivity contribution is 0.117. The van der Waals surface area contributed by atoms with Gasteiger partial charge in [0, 0.05) is 23.5 Å². The molecule has 8 nitrogen and oxygen atoms in total. The summed E-state index contributed by atoms with van der Waals surface area (Å²) in [7, 11) is 1.62. The standard InChI is InChI=1S/C24H28ClN5O3/c1-4-28(5-2)14-19-15-29(27-26-19)16-22-23(17-7-6-8-21(13-17)32-3)30(24(31)33-22)20-11-9-18(25)10-12-20/h6-13,15,22-23H,4-5,14,16H2,1-3H3/t22-,23-/m0/s1. The molecule has 0 bridgehead atoms. The summed E-state index contributed by atoms with van der Waals surface area (Å²) >= 11 is 6.07. The van der Waals surface area contributed by atoms with Crippen LogP contribution in [0, 0.1) is 0 Å². The Labute approximate surface area is 198 Å². The molecule has 0 spiro atoms. The van der Waals surface area contributed by atoms with Gasteiger partial charge in [0.25, 0.3) is 0 Å². The fourth-order valence-corrected chi connectivity index (χ4v) is 4.21. The minimum Gasteiger partial charge on any atom is -0.497 e. The zero-order valence-electron chi connectivity index (χ0n) is 19.0. The molecule has 1 aromatic heterocycles. The van der Waals surface area contributed by atoms with Gasteiger partial charge in [0.2, 0.25) is 0 Å². The number of nitrogens with zero attached hydrogens (tertiary/aromatic N) is 5. The molecule has 1 fully saturated rings. The number of halogens is 1. The van der Waals surface area contributed by atoms with E-state index in [-0.39, 0.29) is 6.04 Å². The van der Waals surface area contributed by atoms with E-state index in [9.17, 15) is 4.79 Å². The van der Waals surface area contributed by atoms with Gasteiger partial charge < -0.3 is 9.47 Å². The second kappa shape index (κ2) is 10.2. The van der Waals surface area contributed by atoms with Gasteiger partial charge in [0.1, 0.15) is 17.9 Å². The van der Waals surface area contributed by atoms with Crippen molar-refractivity contribution in [1.82, 2.24) is 19.9 Å². The summed E-state index contributed by atoms with van der Waals surface area (Å²) < 4.78 is 13.0. The van der Waals surface area contributed by atoms with E-state index < -0.39 is 12.2 Å². The molecule has 3 aromatic rings. The van der Waals surface area contributed by atoms with Crippen molar-refractivity contribution in [1.29, 1.82) is 0 Å². The van der Waals surface area contributed by atoms with Crippen LogP contribution < -0.4 is 9.64 Å². The van der Waals surface area contributed by atoms with Gasteiger partial charge in [-0.1, -0.05) is 42.8 Å². The van der Waals surface area contributed by atoms with Crippen LogP contribution in [0.3, 0.4) is 0 Å². The van der Waals surface area contributed by atoms with Crippen LogP contribution in [-0.4, -0.2) is 52.3 Å². The molecule has 33 heavy (non-hydrogen) atoms. The van der Waals surface area contributed by atoms with Crippen molar-refractivity contribution in [2.45, 2.75) is 39.1 Å². The van der Waals surface area contributed by atoms with Crippen LogP contribution in [-0.2, 0) is 17.8 Å². The zero-order chi connectivity index (χ0) is 23.4.